The Bertz CT molecular complexity index is 972. The topological polar surface area (TPSA) is 52.2 Å². The molecule has 0 radical (unpaired) electrons. The Morgan fingerprint density at radius 1 is 1.04 bits per heavy atom. The minimum atomic E-state index is 0.157. The number of para-hydroxylation sites is 2. The lowest BCUT2D eigenvalue weighted by molar-refractivity contribution is 0.0534. The third kappa shape index (κ3) is 3.10. The van der Waals surface area contributed by atoms with Gasteiger partial charge in [0.2, 0.25) is 0 Å². The van der Waals surface area contributed by atoms with Crippen LogP contribution >= 0.6 is 0 Å². The van der Waals surface area contributed by atoms with Crippen molar-refractivity contribution in [3.63, 3.8) is 0 Å². The van der Waals surface area contributed by atoms with Gasteiger partial charge in [-0.3, -0.25) is 4.79 Å². The molecule has 5 rings (SSSR count). The Hall–Kier alpha value is -2.66. The molecule has 2 fully saturated rings. The molecule has 1 amide bonds. The van der Waals surface area contributed by atoms with E-state index in [-0.39, 0.29) is 5.91 Å². The van der Waals surface area contributed by atoms with Gasteiger partial charge in [-0.05, 0) is 57.1 Å². The first-order valence-corrected chi connectivity index (χ1v) is 10.2. The fourth-order valence-corrected chi connectivity index (χ4v) is 4.92. The fraction of sp³-hybridized carbons (Fsp3) is 0.391. The Balaban J connectivity index is 1.34. The Morgan fingerprint density at radius 2 is 1.86 bits per heavy atom. The van der Waals surface area contributed by atoms with E-state index in [0.717, 1.165) is 60.6 Å². The second-order valence-electron chi connectivity index (χ2n) is 8.50. The molecule has 1 aromatic heterocycles. The van der Waals surface area contributed by atoms with Crippen LogP contribution in [-0.4, -0.2) is 58.9 Å². The predicted molar refractivity (Wildman–Crippen MR) is 111 cm³/mol. The second-order valence-corrected chi connectivity index (χ2v) is 8.50. The van der Waals surface area contributed by atoms with Crippen molar-refractivity contribution in [1.82, 2.24) is 19.8 Å². The summed E-state index contributed by atoms with van der Waals surface area (Å²) < 4.78 is 0. The molecule has 2 aliphatic rings. The molecule has 0 unspecified atom stereocenters. The number of aromatic nitrogens is 2. The molecule has 2 aliphatic heterocycles. The van der Waals surface area contributed by atoms with Gasteiger partial charge in [0.25, 0.3) is 5.91 Å². The number of imidazole rings is 1. The summed E-state index contributed by atoms with van der Waals surface area (Å²) in [5, 5.41) is 0. The van der Waals surface area contributed by atoms with Gasteiger partial charge in [-0.15, -0.1) is 0 Å². The standard InChI is InChI=1S/C23H26N4O/c1-26-14-12-23(15-26)11-4-13-27(16-23)22(28)18-9-7-17(8-10-18)21-24-19-5-2-3-6-20(19)25-21/h2-3,5-10H,4,11-16H2,1H3,(H,24,25)/t23-/m0/s1. The summed E-state index contributed by atoms with van der Waals surface area (Å²) in [5.41, 5.74) is 4.05. The number of nitrogens with zero attached hydrogens (tertiary/aromatic N) is 3. The lowest BCUT2D eigenvalue weighted by Gasteiger charge is -2.40. The van der Waals surface area contributed by atoms with Crippen molar-refractivity contribution in [3.05, 3.63) is 54.1 Å². The Kier molecular flexibility index (Phi) is 4.20. The number of likely N-dealkylation sites (tertiary alicyclic amines) is 2. The predicted octanol–water partition coefficient (Wildman–Crippen LogP) is 3.79. The average molecular weight is 374 g/mol. The SMILES string of the molecule is CN1CC[C@@]2(CCCN(C(=O)c3ccc(-c4nc5ccccc5[nH]4)cc3)C2)C1. The smallest absolute Gasteiger partial charge is 0.253 e. The third-order valence-corrected chi connectivity index (χ3v) is 6.37. The van der Waals surface area contributed by atoms with Crippen molar-refractivity contribution in [2.24, 2.45) is 5.41 Å². The first-order valence-electron chi connectivity index (χ1n) is 10.2. The van der Waals surface area contributed by atoms with Crippen LogP contribution in [-0.2, 0) is 0 Å². The van der Waals surface area contributed by atoms with Crippen LogP contribution in [0.2, 0.25) is 0 Å². The van der Waals surface area contributed by atoms with Gasteiger partial charge < -0.3 is 14.8 Å². The van der Waals surface area contributed by atoms with Crippen LogP contribution in [0.3, 0.4) is 0 Å². The molecule has 1 atom stereocenters. The van der Waals surface area contributed by atoms with E-state index in [0.29, 0.717) is 5.41 Å². The molecule has 1 spiro atoms. The van der Waals surface area contributed by atoms with Gasteiger partial charge in [-0.2, -0.15) is 0 Å². The lowest BCUT2D eigenvalue weighted by Crippen LogP contribution is -2.47. The van der Waals surface area contributed by atoms with E-state index in [1.807, 2.05) is 48.5 Å². The summed E-state index contributed by atoms with van der Waals surface area (Å²) >= 11 is 0. The number of amides is 1. The summed E-state index contributed by atoms with van der Waals surface area (Å²) in [6, 6.07) is 15.9. The monoisotopic (exact) mass is 374 g/mol. The molecule has 0 bridgehead atoms. The van der Waals surface area contributed by atoms with E-state index in [1.165, 1.54) is 12.8 Å². The van der Waals surface area contributed by atoms with E-state index in [1.54, 1.807) is 0 Å². The van der Waals surface area contributed by atoms with Crippen molar-refractivity contribution in [2.75, 3.05) is 33.2 Å². The first-order chi connectivity index (χ1) is 13.6. The summed E-state index contributed by atoms with van der Waals surface area (Å²) in [6.07, 6.45) is 3.56. The molecule has 2 aromatic carbocycles. The summed E-state index contributed by atoms with van der Waals surface area (Å²) in [4.78, 5) is 25.6. The lowest BCUT2D eigenvalue weighted by atomic mass is 9.79. The van der Waals surface area contributed by atoms with Gasteiger partial charge in [-0.1, -0.05) is 24.3 Å². The van der Waals surface area contributed by atoms with Crippen LogP contribution in [0.25, 0.3) is 22.4 Å². The van der Waals surface area contributed by atoms with Crippen LogP contribution in [0.4, 0.5) is 0 Å². The molecule has 3 aromatic rings. The van der Waals surface area contributed by atoms with Gasteiger partial charge in [0, 0.05) is 36.2 Å². The molecule has 0 aliphatic carbocycles. The minimum Gasteiger partial charge on any atom is -0.338 e. The average Bonchev–Trinajstić information content (AvgIpc) is 3.31. The van der Waals surface area contributed by atoms with Crippen LogP contribution in [0.5, 0.6) is 0 Å². The zero-order valence-electron chi connectivity index (χ0n) is 16.3. The van der Waals surface area contributed by atoms with E-state index in [2.05, 4.69) is 26.8 Å². The number of nitrogens with one attached hydrogen (secondary N) is 1. The highest BCUT2D eigenvalue weighted by molar-refractivity contribution is 5.94. The molecular formula is C23H26N4O. The number of rotatable bonds is 2. The van der Waals surface area contributed by atoms with Crippen LogP contribution in [0.1, 0.15) is 29.6 Å². The normalized spacial score (nSPS) is 23.0. The van der Waals surface area contributed by atoms with Crippen LogP contribution in [0, 0.1) is 5.41 Å². The number of carbonyl (C=O) groups is 1. The largest absolute Gasteiger partial charge is 0.338 e. The van der Waals surface area contributed by atoms with Crippen LogP contribution in [0.15, 0.2) is 48.5 Å². The molecule has 5 heteroatoms. The third-order valence-electron chi connectivity index (χ3n) is 6.37. The van der Waals surface area contributed by atoms with E-state index in [9.17, 15) is 4.79 Å². The molecule has 28 heavy (non-hydrogen) atoms. The number of carbonyl (C=O) groups excluding carboxylic acids is 1. The molecule has 144 valence electrons. The van der Waals surface area contributed by atoms with Crippen LogP contribution < -0.4 is 0 Å². The van der Waals surface area contributed by atoms with Gasteiger partial charge in [0.15, 0.2) is 0 Å². The van der Waals surface area contributed by atoms with Gasteiger partial charge in [0.05, 0.1) is 11.0 Å². The van der Waals surface area contributed by atoms with Gasteiger partial charge in [0.1, 0.15) is 5.82 Å². The Labute approximate surface area is 165 Å². The second kappa shape index (κ2) is 6.74. The highest BCUT2D eigenvalue weighted by Crippen LogP contribution is 2.38. The molecule has 3 heterocycles. The zero-order valence-corrected chi connectivity index (χ0v) is 16.3. The quantitative estimate of drug-likeness (QED) is 0.743. The van der Waals surface area contributed by atoms with Crippen molar-refractivity contribution in [2.45, 2.75) is 19.3 Å². The summed E-state index contributed by atoms with van der Waals surface area (Å²) in [6.45, 7) is 4.02. The number of aromatic amines is 1. The van der Waals surface area contributed by atoms with E-state index < -0.39 is 0 Å². The highest BCUT2D eigenvalue weighted by Gasteiger charge is 2.41. The summed E-state index contributed by atoms with van der Waals surface area (Å²) in [5.74, 6) is 0.996. The maximum absolute atomic E-state index is 13.1. The fourth-order valence-electron chi connectivity index (χ4n) is 4.92. The zero-order chi connectivity index (χ0) is 19.1. The van der Waals surface area contributed by atoms with E-state index >= 15 is 0 Å². The molecule has 2 saturated heterocycles. The number of H-pyrrole nitrogens is 1. The number of benzene rings is 2. The number of piperidine rings is 1. The number of hydrogen-bond donors (Lipinski definition) is 1. The summed E-state index contributed by atoms with van der Waals surface area (Å²) in [7, 11) is 2.19. The van der Waals surface area contributed by atoms with Crippen molar-refractivity contribution in [3.8, 4) is 11.4 Å². The maximum Gasteiger partial charge on any atom is 0.253 e. The first kappa shape index (κ1) is 17.4. The molecule has 5 nitrogen and oxygen atoms in total. The molecule has 0 saturated carbocycles. The molecule has 1 N–H and O–H groups in total. The van der Waals surface area contributed by atoms with Gasteiger partial charge in [-0.25, -0.2) is 4.98 Å². The van der Waals surface area contributed by atoms with Crippen molar-refractivity contribution >= 4 is 16.9 Å². The number of fused-ring (bicyclic) bond motifs is 1. The van der Waals surface area contributed by atoms with Gasteiger partial charge >= 0.3 is 0 Å². The molecular weight excluding hydrogens is 348 g/mol. The minimum absolute atomic E-state index is 0.157. The van der Waals surface area contributed by atoms with E-state index in [4.69, 9.17) is 0 Å². The Morgan fingerprint density at radius 3 is 2.61 bits per heavy atom. The van der Waals surface area contributed by atoms with Crippen molar-refractivity contribution in [1.29, 1.82) is 0 Å². The number of hydrogen-bond acceptors (Lipinski definition) is 3. The maximum atomic E-state index is 13.1. The van der Waals surface area contributed by atoms with Crippen molar-refractivity contribution < 1.29 is 4.79 Å². The highest BCUT2D eigenvalue weighted by atomic mass is 16.2.